The molecule has 0 atom stereocenters. The molecule has 0 aromatic heterocycles. The maximum Gasteiger partial charge on any atom is 0.275 e. The summed E-state index contributed by atoms with van der Waals surface area (Å²) in [6.07, 6.45) is 1.60. The first-order valence-corrected chi connectivity index (χ1v) is 7.16. The third kappa shape index (κ3) is 3.24. The minimum atomic E-state index is -0.390. The van der Waals surface area contributed by atoms with Crippen molar-refractivity contribution in [1.29, 1.82) is 0 Å². The number of carbonyl (C=O) groups is 1. The standard InChI is InChI=1S/C17H12ClFN2O2/c1-23-15-6-5-10(7-13(15)18)8-14-17(22)21-16(20-14)11-3-2-4-12(19)9-11/h2-9H,1H3,(H,20,21,22)/b14-8+. The SMILES string of the molecule is COc1ccc(/C=C2/N=C(c3cccc(F)c3)NC2=O)cc1Cl. The quantitative estimate of drug-likeness (QED) is 0.877. The van der Waals surface area contributed by atoms with Crippen LogP contribution in [0.3, 0.4) is 0 Å². The highest BCUT2D eigenvalue weighted by molar-refractivity contribution is 6.32. The Morgan fingerprint density at radius 2 is 2.09 bits per heavy atom. The highest BCUT2D eigenvalue weighted by Crippen LogP contribution is 2.26. The van der Waals surface area contributed by atoms with Gasteiger partial charge in [0.2, 0.25) is 0 Å². The number of halogens is 2. The van der Waals surface area contributed by atoms with Crippen molar-refractivity contribution in [3.05, 3.63) is 70.1 Å². The zero-order chi connectivity index (χ0) is 16.4. The van der Waals surface area contributed by atoms with Crippen LogP contribution in [0.15, 0.2) is 53.2 Å². The second-order valence-corrected chi connectivity index (χ2v) is 5.26. The van der Waals surface area contributed by atoms with Gasteiger partial charge >= 0.3 is 0 Å². The van der Waals surface area contributed by atoms with Gasteiger partial charge in [-0.25, -0.2) is 9.38 Å². The first-order valence-electron chi connectivity index (χ1n) is 6.78. The summed E-state index contributed by atoms with van der Waals surface area (Å²) in [6.45, 7) is 0. The van der Waals surface area contributed by atoms with E-state index in [1.54, 1.807) is 36.4 Å². The fourth-order valence-corrected chi connectivity index (χ4v) is 2.44. The van der Waals surface area contributed by atoms with Gasteiger partial charge in [-0.05, 0) is 35.9 Å². The molecule has 1 aliphatic heterocycles. The summed E-state index contributed by atoms with van der Waals surface area (Å²) < 4.78 is 18.4. The van der Waals surface area contributed by atoms with Crippen LogP contribution in [0.5, 0.6) is 5.75 Å². The number of ether oxygens (including phenoxy) is 1. The van der Waals surface area contributed by atoms with Gasteiger partial charge in [0.1, 0.15) is 23.1 Å². The minimum Gasteiger partial charge on any atom is -0.495 e. The van der Waals surface area contributed by atoms with Crippen LogP contribution in [0, 0.1) is 5.82 Å². The van der Waals surface area contributed by atoms with Gasteiger partial charge in [-0.2, -0.15) is 0 Å². The number of benzene rings is 2. The number of nitrogens with one attached hydrogen (secondary N) is 1. The second-order valence-electron chi connectivity index (χ2n) is 4.85. The Balaban J connectivity index is 1.93. The van der Waals surface area contributed by atoms with Gasteiger partial charge < -0.3 is 10.1 Å². The van der Waals surface area contributed by atoms with E-state index in [4.69, 9.17) is 16.3 Å². The van der Waals surface area contributed by atoms with Crippen molar-refractivity contribution in [3.63, 3.8) is 0 Å². The van der Waals surface area contributed by atoms with E-state index in [9.17, 15) is 9.18 Å². The van der Waals surface area contributed by atoms with Crippen molar-refractivity contribution in [2.24, 2.45) is 4.99 Å². The van der Waals surface area contributed by atoms with Crippen LogP contribution < -0.4 is 10.1 Å². The summed E-state index contributed by atoms with van der Waals surface area (Å²) in [4.78, 5) is 16.2. The molecule has 0 aliphatic carbocycles. The molecule has 2 aromatic carbocycles. The fraction of sp³-hybridized carbons (Fsp3) is 0.0588. The van der Waals surface area contributed by atoms with Gasteiger partial charge in [0.15, 0.2) is 0 Å². The maximum atomic E-state index is 13.3. The lowest BCUT2D eigenvalue weighted by molar-refractivity contribution is -0.115. The Hall–Kier alpha value is -2.66. The van der Waals surface area contributed by atoms with Gasteiger partial charge in [0, 0.05) is 5.56 Å². The molecule has 1 aliphatic rings. The topological polar surface area (TPSA) is 50.7 Å². The van der Waals surface area contributed by atoms with E-state index in [0.29, 0.717) is 27.7 Å². The summed E-state index contributed by atoms with van der Waals surface area (Å²) in [6, 6.07) is 11.0. The molecule has 1 N–H and O–H groups in total. The van der Waals surface area contributed by atoms with E-state index in [1.807, 2.05) is 0 Å². The second kappa shape index (κ2) is 6.22. The average molecular weight is 331 g/mol. The molecule has 23 heavy (non-hydrogen) atoms. The van der Waals surface area contributed by atoms with Crippen LogP contribution in [-0.2, 0) is 4.79 Å². The van der Waals surface area contributed by atoms with Crippen molar-refractivity contribution in [2.45, 2.75) is 0 Å². The van der Waals surface area contributed by atoms with Crippen LogP contribution in [0.1, 0.15) is 11.1 Å². The van der Waals surface area contributed by atoms with Crippen molar-refractivity contribution in [3.8, 4) is 5.75 Å². The molecular formula is C17H12ClFN2O2. The molecule has 0 saturated heterocycles. The molecule has 3 rings (SSSR count). The molecule has 4 nitrogen and oxygen atoms in total. The number of aliphatic imine (C=N–C) groups is 1. The number of methoxy groups -OCH3 is 1. The van der Waals surface area contributed by atoms with E-state index in [2.05, 4.69) is 10.3 Å². The van der Waals surface area contributed by atoms with Crippen LogP contribution in [0.2, 0.25) is 5.02 Å². The maximum absolute atomic E-state index is 13.3. The minimum absolute atomic E-state index is 0.227. The lowest BCUT2D eigenvalue weighted by Gasteiger charge is -2.03. The van der Waals surface area contributed by atoms with Gasteiger partial charge in [-0.3, -0.25) is 4.79 Å². The number of hydrogen-bond acceptors (Lipinski definition) is 3. The van der Waals surface area contributed by atoms with Crippen molar-refractivity contribution < 1.29 is 13.9 Å². The zero-order valence-electron chi connectivity index (χ0n) is 12.1. The number of amidine groups is 1. The lowest BCUT2D eigenvalue weighted by Crippen LogP contribution is -2.24. The number of amides is 1. The Kier molecular flexibility index (Phi) is 4.12. The monoisotopic (exact) mass is 330 g/mol. The third-order valence-corrected chi connectivity index (χ3v) is 3.57. The van der Waals surface area contributed by atoms with Crippen LogP contribution >= 0.6 is 11.6 Å². The third-order valence-electron chi connectivity index (χ3n) is 3.27. The molecule has 0 fully saturated rings. The number of nitrogens with zero attached hydrogens (tertiary/aromatic N) is 1. The molecule has 0 radical (unpaired) electrons. The molecule has 6 heteroatoms. The fourth-order valence-electron chi connectivity index (χ4n) is 2.17. The van der Waals surface area contributed by atoms with E-state index in [1.165, 1.54) is 19.2 Å². The summed E-state index contributed by atoms with van der Waals surface area (Å²) >= 11 is 6.06. The predicted molar refractivity (Wildman–Crippen MR) is 87.1 cm³/mol. The first-order chi connectivity index (χ1) is 11.1. The van der Waals surface area contributed by atoms with Crippen molar-refractivity contribution in [2.75, 3.05) is 7.11 Å². The smallest absolute Gasteiger partial charge is 0.275 e. The molecular weight excluding hydrogens is 319 g/mol. The first kappa shape index (κ1) is 15.2. The molecule has 0 spiro atoms. The summed E-state index contributed by atoms with van der Waals surface area (Å²) in [5, 5.41) is 3.06. The van der Waals surface area contributed by atoms with Crippen LogP contribution in [0.4, 0.5) is 4.39 Å². The Bertz CT molecular complexity index is 846. The van der Waals surface area contributed by atoms with E-state index >= 15 is 0 Å². The molecule has 116 valence electrons. The number of rotatable bonds is 3. The Labute approximate surface area is 137 Å². The molecule has 0 bridgehead atoms. The Morgan fingerprint density at radius 3 is 2.78 bits per heavy atom. The van der Waals surface area contributed by atoms with Crippen LogP contribution in [0.25, 0.3) is 6.08 Å². The predicted octanol–water partition coefficient (Wildman–Crippen LogP) is 3.41. The highest BCUT2D eigenvalue weighted by atomic mass is 35.5. The van der Waals surface area contributed by atoms with Gasteiger partial charge in [0.05, 0.1) is 12.1 Å². The van der Waals surface area contributed by atoms with E-state index in [0.717, 1.165) is 0 Å². The zero-order valence-corrected chi connectivity index (χ0v) is 12.9. The molecule has 2 aromatic rings. The Morgan fingerprint density at radius 1 is 1.26 bits per heavy atom. The summed E-state index contributed by atoms with van der Waals surface area (Å²) in [7, 11) is 1.53. The number of carbonyl (C=O) groups excluding carboxylic acids is 1. The molecule has 1 heterocycles. The van der Waals surface area contributed by atoms with Gasteiger partial charge in [-0.1, -0.05) is 29.8 Å². The van der Waals surface area contributed by atoms with E-state index < -0.39 is 0 Å². The molecule has 0 saturated carbocycles. The summed E-state index contributed by atoms with van der Waals surface area (Å²) in [5.41, 5.74) is 1.45. The number of hydrogen-bond donors (Lipinski definition) is 1. The lowest BCUT2D eigenvalue weighted by atomic mass is 10.2. The van der Waals surface area contributed by atoms with Crippen molar-refractivity contribution in [1.82, 2.24) is 5.32 Å². The van der Waals surface area contributed by atoms with Crippen LogP contribution in [-0.4, -0.2) is 18.9 Å². The molecule has 1 amide bonds. The van der Waals surface area contributed by atoms with E-state index in [-0.39, 0.29) is 17.4 Å². The molecule has 0 unspecified atom stereocenters. The van der Waals surface area contributed by atoms with Crippen molar-refractivity contribution >= 4 is 29.4 Å². The largest absolute Gasteiger partial charge is 0.495 e. The van der Waals surface area contributed by atoms with Gasteiger partial charge in [0.25, 0.3) is 5.91 Å². The summed E-state index contributed by atoms with van der Waals surface area (Å²) in [5.74, 6) is 0.129. The normalized spacial score (nSPS) is 15.5. The average Bonchev–Trinajstić information content (AvgIpc) is 2.89. The highest BCUT2D eigenvalue weighted by Gasteiger charge is 2.21. The van der Waals surface area contributed by atoms with Gasteiger partial charge in [-0.15, -0.1) is 0 Å².